The van der Waals surface area contributed by atoms with Crippen LogP contribution in [0.1, 0.15) is 24.6 Å². The maximum atomic E-state index is 13.4. The molecule has 0 bridgehead atoms. The Morgan fingerprint density at radius 1 is 0.973 bits per heavy atom. The van der Waals surface area contributed by atoms with Crippen LogP contribution in [0, 0.1) is 5.82 Å². The summed E-state index contributed by atoms with van der Waals surface area (Å²) in [6.45, 7) is -0.476. The van der Waals surface area contributed by atoms with Crippen LogP contribution in [0.2, 0.25) is 0 Å². The second kappa shape index (κ2) is 9.61. The fraction of sp³-hybridized carbons (Fsp3) is 0.292. The highest BCUT2D eigenvalue weighted by Crippen LogP contribution is 2.40. The van der Waals surface area contributed by atoms with Crippen molar-refractivity contribution < 1.29 is 40.6 Å². The predicted molar refractivity (Wildman–Crippen MR) is 118 cm³/mol. The third-order valence-electron chi connectivity index (χ3n) is 5.68. The van der Waals surface area contributed by atoms with Crippen molar-refractivity contribution in [1.29, 1.82) is 0 Å². The molecule has 1 atom stereocenters. The van der Waals surface area contributed by atoms with Gasteiger partial charge in [0.1, 0.15) is 11.5 Å². The number of benzene rings is 2. The van der Waals surface area contributed by atoms with Crippen LogP contribution in [-0.2, 0) is 12.1 Å². The van der Waals surface area contributed by atoms with Gasteiger partial charge in [0.15, 0.2) is 6.61 Å². The molecule has 0 fully saturated rings. The van der Waals surface area contributed by atoms with Gasteiger partial charge >= 0.3 is 12.4 Å². The Balaban J connectivity index is 1.71. The summed E-state index contributed by atoms with van der Waals surface area (Å²) in [4.78, 5) is 4.14. The third-order valence-corrected chi connectivity index (χ3v) is 5.68. The first-order valence-corrected chi connectivity index (χ1v) is 10.9. The number of nitrogens with zero attached hydrogens (tertiary/aromatic N) is 4. The molecule has 196 valence electrons. The zero-order chi connectivity index (χ0) is 27.0. The number of halogens is 7. The van der Waals surface area contributed by atoms with Crippen molar-refractivity contribution in [3.8, 4) is 17.0 Å². The summed E-state index contributed by atoms with van der Waals surface area (Å²) in [7, 11) is 0. The van der Waals surface area contributed by atoms with Gasteiger partial charge in [0.25, 0.3) is 0 Å². The molecule has 6 nitrogen and oxygen atoms in total. The largest absolute Gasteiger partial charge is 0.468 e. The summed E-state index contributed by atoms with van der Waals surface area (Å²) >= 11 is 0. The van der Waals surface area contributed by atoms with E-state index in [4.69, 9.17) is 4.74 Å². The van der Waals surface area contributed by atoms with Gasteiger partial charge in [0, 0.05) is 11.5 Å². The summed E-state index contributed by atoms with van der Waals surface area (Å²) < 4.78 is 97.5. The first-order valence-electron chi connectivity index (χ1n) is 10.9. The lowest BCUT2D eigenvalue weighted by Gasteiger charge is -2.26. The standard InChI is InChI=1S/C24H19F7N4O2/c1-2-22(36,24(29,30)31)20-12-35(34-33-20)11-14-3-8-17-18(15-4-6-16(25)7-5-15)10-21(32-19(17)9-14)37-13-23(26,27)28/h3-10,12,36H,2,11,13H2,1H3/t22-/m0/s1. The SMILES string of the molecule is CC[C@](O)(c1cn(Cc2ccc3c(-c4ccc(F)cc4)cc(OCC(F)(F)F)nc3c2)nn1)C(F)(F)F. The van der Waals surface area contributed by atoms with Crippen LogP contribution in [-0.4, -0.2) is 44.0 Å². The molecular weight excluding hydrogens is 509 g/mol. The topological polar surface area (TPSA) is 73.1 Å². The predicted octanol–water partition coefficient (Wildman–Crippen LogP) is 5.78. The summed E-state index contributed by atoms with van der Waals surface area (Å²) in [5.41, 5.74) is -2.16. The van der Waals surface area contributed by atoms with Crippen LogP contribution in [0.25, 0.3) is 22.0 Å². The van der Waals surface area contributed by atoms with Gasteiger partial charge in [0.05, 0.1) is 18.3 Å². The van der Waals surface area contributed by atoms with Gasteiger partial charge in [-0.1, -0.05) is 36.4 Å². The number of rotatable bonds is 7. The minimum absolute atomic E-state index is 0.0677. The van der Waals surface area contributed by atoms with Crippen molar-refractivity contribution in [3.63, 3.8) is 0 Å². The molecule has 2 aromatic heterocycles. The highest BCUT2D eigenvalue weighted by Gasteiger charge is 2.55. The Kier molecular flexibility index (Phi) is 6.84. The van der Waals surface area contributed by atoms with Gasteiger partial charge < -0.3 is 9.84 Å². The van der Waals surface area contributed by atoms with E-state index in [1.165, 1.54) is 43.3 Å². The fourth-order valence-electron chi connectivity index (χ4n) is 3.73. The average Bonchev–Trinajstić information content (AvgIpc) is 3.29. The fourth-order valence-corrected chi connectivity index (χ4v) is 3.73. The molecule has 13 heteroatoms. The van der Waals surface area contributed by atoms with Gasteiger partial charge in [-0.2, -0.15) is 26.3 Å². The lowest BCUT2D eigenvalue weighted by Crippen LogP contribution is -2.42. The number of fused-ring (bicyclic) bond motifs is 1. The van der Waals surface area contributed by atoms with E-state index in [-0.39, 0.29) is 17.9 Å². The van der Waals surface area contributed by atoms with E-state index in [1.54, 1.807) is 12.1 Å². The van der Waals surface area contributed by atoms with Crippen LogP contribution in [0.15, 0.2) is 54.7 Å². The van der Waals surface area contributed by atoms with Gasteiger partial charge in [-0.15, -0.1) is 5.10 Å². The van der Waals surface area contributed by atoms with Gasteiger partial charge in [0.2, 0.25) is 11.5 Å². The van der Waals surface area contributed by atoms with Crippen molar-refractivity contribution >= 4 is 10.9 Å². The molecule has 2 aromatic carbocycles. The van der Waals surface area contributed by atoms with Crippen LogP contribution in [0.4, 0.5) is 30.7 Å². The minimum Gasteiger partial charge on any atom is -0.468 e. The summed E-state index contributed by atoms with van der Waals surface area (Å²) in [6.07, 6.45) is -9.25. The molecule has 0 aliphatic carbocycles. The monoisotopic (exact) mass is 528 g/mol. The summed E-state index contributed by atoms with van der Waals surface area (Å²) in [5, 5.41) is 17.7. The van der Waals surface area contributed by atoms with E-state index in [2.05, 4.69) is 15.3 Å². The number of hydrogen-bond acceptors (Lipinski definition) is 5. The van der Waals surface area contributed by atoms with E-state index in [9.17, 15) is 35.8 Å². The van der Waals surface area contributed by atoms with Gasteiger partial charge in [-0.25, -0.2) is 14.1 Å². The van der Waals surface area contributed by atoms with Gasteiger partial charge in [-0.05, 0) is 41.3 Å². The van der Waals surface area contributed by atoms with E-state index in [1.807, 2.05) is 0 Å². The zero-order valence-electron chi connectivity index (χ0n) is 19.1. The van der Waals surface area contributed by atoms with Crippen molar-refractivity contribution in [3.05, 3.63) is 71.8 Å². The van der Waals surface area contributed by atoms with Crippen LogP contribution in [0.5, 0.6) is 5.88 Å². The third kappa shape index (κ3) is 5.66. The molecule has 0 aliphatic heterocycles. The Morgan fingerprint density at radius 2 is 1.68 bits per heavy atom. The van der Waals surface area contributed by atoms with Crippen LogP contribution < -0.4 is 4.74 Å². The van der Waals surface area contributed by atoms with E-state index < -0.39 is 42.5 Å². The minimum atomic E-state index is -4.96. The zero-order valence-corrected chi connectivity index (χ0v) is 19.1. The summed E-state index contributed by atoms with van der Waals surface area (Å²) in [5.74, 6) is -0.812. The maximum absolute atomic E-state index is 13.4. The molecule has 0 saturated heterocycles. The van der Waals surface area contributed by atoms with Crippen molar-refractivity contribution in [1.82, 2.24) is 20.0 Å². The number of hydrogen-bond donors (Lipinski definition) is 1. The Bertz CT molecular complexity index is 1400. The first-order chi connectivity index (χ1) is 17.3. The molecule has 4 rings (SSSR count). The Labute approximate surface area is 205 Å². The molecule has 4 aromatic rings. The van der Waals surface area contributed by atoms with E-state index in [0.717, 1.165) is 10.9 Å². The first kappa shape index (κ1) is 26.3. The lowest BCUT2D eigenvalue weighted by molar-refractivity contribution is -0.269. The quantitative estimate of drug-likeness (QED) is 0.308. The number of pyridine rings is 1. The smallest absolute Gasteiger partial charge is 0.423 e. The molecule has 0 radical (unpaired) electrons. The van der Waals surface area contributed by atoms with Crippen LogP contribution in [0.3, 0.4) is 0 Å². The van der Waals surface area contributed by atoms with Crippen molar-refractivity contribution in [2.45, 2.75) is 37.8 Å². The number of ether oxygens (including phenoxy) is 1. The van der Waals surface area contributed by atoms with Crippen molar-refractivity contribution in [2.24, 2.45) is 0 Å². The Morgan fingerprint density at radius 3 is 2.30 bits per heavy atom. The maximum Gasteiger partial charge on any atom is 0.423 e. The average molecular weight is 528 g/mol. The van der Waals surface area contributed by atoms with Gasteiger partial charge in [-0.3, -0.25) is 0 Å². The molecule has 1 N–H and O–H groups in total. The van der Waals surface area contributed by atoms with Crippen molar-refractivity contribution in [2.75, 3.05) is 6.61 Å². The second-order valence-corrected chi connectivity index (χ2v) is 8.28. The summed E-state index contributed by atoms with van der Waals surface area (Å²) in [6, 6.07) is 11.4. The van der Waals surface area contributed by atoms with E-state index in [0.29, 0.717) is 22.1 Å². The molecule has 0 saturated carbocycles. The van der Waals surface area contributed by atoms with E-state index >= 15 is 0 Å². The van der Waals surface area contributed by atoms with Crippen LogP contribution >= 0.6 is 0 Å². The molecule has 0 unspecified atom stereocenters. The Hall–Kier alpha value is -3.74. The molecule has 37 heavy (non-hydrogen) atoms. The molecule has 0 aliphatic rings. The second-order valence-electron chi connectivity index (χ2n) is 8.28. The molecule has 2 heterocycles. The molecular formula is C24H19F7N4O2. The normalized spacial score (nSPS) is 14.1. The number of aromatic nitrogens is 4. The molecule has 0 spiro atoms. The highest BCUT2D eigenvalue weighted by atomic mass is 19.4. The lowest BCUT2D eigenvalue weighted by atomic mass is 9.96. The number of alkyl halides is 6. The highest BCUT2D eigenvalue weighted by molar-refractivity contribution is 5.95. The molecule has 0 amide bonds. The number of aliphatic hydroxyl groups is 1.